The minimum atomic E-state index is -1.24. The first-order valence-corrected chi connectivity index (χ1v) is 7.55. The van der Waals surface area contributed by atoms with Gasteiger partial charge in [0.05, 0.1) is 6.10 Å². The lowest BCUT2D eigenvalue weighted by Gasteiger charge is -2.27. The quantitative estimate of drug-likeness (QED) is 0.444. The van der Waals surface area contributed by atoms with Crippen LogP contribution >= 0.6 is 0 Å². The van der Waals surface area contributed by atoms with Crippen LogP contribution in [-0.4, -0.2) is 70.9 Å². The van der Waals surface area contributed by atoms with Gasteiger partial charge in [-0.05, 0) is 19.8 Å². The second-order valence-corrected chi connectivity index (χ2v) is 5.19. The second-order valence-electron chi connectivity index (χ2n) is 5.19. The van der Waals surface area contributed by atoms with Gasteiger partial charge < -0.3 is 21.1 Å². The van der Waals surface area contributed by atoms with E-state index in [1.165, 1.54) is 11.8 Å². The molecule has 0 aliphatic carbocycles. The molecule has 132 valence electrons. The van der Waals surface area contributed by atoms with Crippen LogP contribution in [0.25, 0.3) is 0 Å². The van der Waals surface area contributed by atoms with Gasteiger partial charge in [-0.3, -0.25) is 19.3 Å². The lowest BCUT2D eigenvalue weighted by molar-refractivity contribution is -0.130. The van der Waals surface area contributed by atoms with Crippen LogP contribution in [0.4, 0.5) is 4.79 Å². The monoisotopic (exact) mass is 330 g/mol. The molecule has 23 heavy (non-hydrogen) atoms. The predicted molar refractivity (Wildman–Crippen MR) is 83.1 cm³/mol. The summed E-state index contributed by atoms with van der Waals surface area (Å²) >= 11 is 0. The first-order valence-electron chi connectivity index (χ1n) is 7.55. The van der Waals surface area contributed by atoms with Crippen molar-refractivity contribution < 1.29 is 24.3 Å². The largest absolute Gasteiger partial charge is 0.391 e. The summed E-state index contributed by atoms with van der Waals surface area (Å²) in [4.78, 5) is 48.6. The molecule has 0 aliphatic rings. The Balaban J connectivity index is 4.92. The molecular formula is C14H26N4O5. The van der Waals surface area contributed by atoms with E-state index in [9.17, 15) is 24.3 Å². The number of carbonyl (C=O) groups excluding carboxylic acids is 4. The van der Waals surface area contributed by atoms with E-state index in [0.717, 1.165) is 4.90 Å². The summed E-state index contributed by atoms with van der Waals surface area (Å²) in [5, 5.41) is 11.7. The Labute approximate surface area is 135 Å². The van der Waals surface area contributed by atoms with E-state index in [4.69, 9.17) is 5.73 Å². The fourth-order valence-electron chi connectivity index (χ4n) is 1.95. The van der Waals surface area contributed by atoms with E-state index in [2.05, 4.69) is 5.32 Å². The number of hydrogen-bond acceptors (Lipinski definition) is 5. The molecule has 5 amide bonds. The number of nitrogens with one attached hydrogen (secondary N) is 1. The van der Waals surface area contributed by atoms with Crippen molar-refractivity contribution in [3.63, 3.8) is 0 Å². The second kappa shape index (κ2) is 10.5. The Morgan fingerprint density at radius 2 is 1.78 bits per heavy atom. The van der Waals surface area contributed by atoms with Crippen molar-refractivity contribution in [2.45, 2.75) is 45.8 Å². The molecule has 2 atom stereocenters. The topological polar surface area (TPSA) is 133 Å². The van der Waals surface area contributed by atoms with Crippen LogP contribution in [0.5, 0.6) is 0 Å². The molecule has 9 heteroatoms. The summed E-state index contributed by atoms with van der Waals surface area (Å²) in [7, 11) is 0. The average molecular weight is 330 g/mol. The molecular weight excluding hydrogens is 304 g/mol. The number of primary amides is 1. The minimum absolute atomic E-state index is 0.252. The lowest BCUT2D eigenvalue weighted by Crippen LogP contribution is -2.54. The molecule has 4 N–H and O–H groups in total. The highest BCUT2D eigenvalue weighted by atomic mass is 16.3. The standard InChI is InChI=1S/C14H26N4O5/c1-4-6-17(14(23)18(9-19)7-5-2)8-11(21)16-12(10(3)20)13(15)22/h9-10,12,20H,4-8H2,1-3H3,(H2,15,22)(H,16,21). The van der Waals surface area contributed by atoms with Gasteiger partial charge in [0.25, 0.3) is 0 Å². The van der Waals surface area contributed by atoms with Gasteiger partial charge in [-0.2, -0.15) is 0 Å². The van der Waals surface area contributed by atoms with Gasteiger partial charge in [0, 0.05) is 13.1 Å². The summed E-state index contributed by atoms with van der Waals surface area (Å²) in [5.74, 6) is -1.51. The zero-order chi connectivity index (χ0) is 18.0. The predicted octanol–water partition coefficient (Wildman–Crippen LogP) is -0.962. The van der Waals surface area contributed by atoms with E-state index >= 15 is 0 Å². The van der Waals surface area contributed by atoms with Gasteiger partial charge in [0.1, 0.15) is 12.6 Å². The molecule has 0 aromatic rings. The van der Waals surface area contributed by atoms with Gasteiger partial charge in [-0.25, -0.2) is 4.79 Å². The number of amides is 5. The Kier molecular flexibility index (Phi) is 9.56. The molecule has 0 aromatic heterocycles. The number of aliphatic hydroxyl groups excluding tert-OH is 1. The van der Waals surface area contributed by atoms with Crippen molar-refractivity contribution >= 4 is 24.3 Å². The van der Waals surface area contributed by atoms with E-state index in [-0.39, 0.29) is 19.6 Å². The summed E-state index contributed by atoms with van der Waals surface area (Å²) in [6.07, 6.45) is 0.461. The van der Waals surface area contributed by atoms with E-state index < -0.39 is 30.0 Å². The Morgan fingerprint density at radius 3 is 2.17 bits per heavy atom. The average Bonchev–Trinajstić information content (AvgIpc) is 2.48. The van der Waals surface area contributed by atoms with Gasteiger partial charge in [-0.1, -0.05) is 13.8 Å². The van der Waals surface area contributed by atoms with E-state index in [1.807, 2.05) is 13.8 Å². The first kappa shape index (κ1) is 20.8. The van der Waals surface area contributed by atoms with Gasteiger partial charge in [0.2, 0.25) is 18.2 Å². The Hall–Kier alpha value is -2.16. The number of nitrogens with two attached hydrogens (primary N) is 1. The zero-order valence-electron chi connectivity index (χ0n) is 13.8. The molecule has 0 aromatic carbocycles. The molecule has 0 bridgehead atoms. The minimum Gasteiger partial charge on any atom is -0.391 e. The zero-order valence-corrected chi connectivity index (χ0v) is 13.8. The lowest BCUT2D eigenvalue weighted by atomic mass is 10.1. The third-order valence-corrected chi connectivity index (χ3v) is 3.04. The maximum absolute atomic E-state index is 12.2. The van der Waals surface area contributed by atoms with Crippen LogP contribution in [0.3, 0.4) is 0 Å². The van der Waals surface area contributed by atoms with Crippen molar-refractivity contribution in [3.8, 4) is 0 Å². The highest BCUT2D eigenvalue weighted by Crippen LogP contribution is 2.01. The maximum atomic E-state index is 12.2. The molecule has 0 spiro atoms. The molecule has 2 unspecified atom stereocenters. The maximum Gasteiger partial charge on any atom is 0.326 e. The highest BCUT2D eigenvalue weighted by molar-refractivity contribution is 5.91. The number of hydrogen-bond donors (Lipinski definition) is 3. The third-order valence-electron chi connectivity index (χ3n) is 3.04. The Bertz CT molecular complexity index is 427. The molecule has 0 saturated carbocycles. The SMILES string of the molecule is CCCN(C=O)C(=O)N(CCC)CC(=O)NC(C(N)=O)C(C)O. The van der Waals surface area contributed by atoms with Gasteiger partial charge >= 0.3 is 6.03 Å². The third kappa shape index (κ3) is 7.09. The van der Waals surface area contributed by atoms with E-state index in [1.54, 1.807) is 0 Å². The van der Waals surface area contributed by atoms with Crippen molar-refractivity contribution in [3.05, 3.63) is 0 Å². The molecule has 0 rings (SSSR count). The molecule has 0 radical (unpaired) electrons. The molecule has 0 heterocycles. The molecule has 0 saturated heterocycles. The first-order chi connectivity index (χ1) is 10.8. The van der Waals surface area contributed by atoms with Crippen LogP contribution in [0.1, 0.15) is 33.6 Å². The van der Waals surface area contributed by atoms with Crippen molar-refractivity contribution in [1.29, 1.82) is 0 Å². The fourth-order valence-corrected chi connectivity index (χ4v) is 1.95. The normalized spacial score (nSPS) is 12.9. The van der Waals surface area contributed by atoms with Gasteiger partial charge in [0.15, 0.2) is 0 Å². The summed E-state index contributed by atoms with van der Waals surface area (Å²) in [6.45, 7) is 5.15. The number of rotatable bonds is 10. The highest BCUT2D eigenvalue weighted by Gasteiger charge is 2.26. The number of aliphatic hydroxyl groups is 1. The van der Waals surface area contributed by atoms with Gasteiger partial charge in [-0.15, -0.1) is 0 Å². The van der Waals surface area contributed by atoms with Crippen LogP contribution in [0.2, 0.25) is 0 Å². The smallest absolute Gasteiger partial charge is 0.326 e. The van der Waals surface area contributed by atoms with Crippen molar-refractivity contribution in [1.82, 2.24) is 15.1 Å². The van der Waals surface area contributed by atoms with Crippen molar-refractivity contribution in [2.24, 2.45) is 5.73 Å². The molecule has 9 nitrogen and oxygen atoms in total. The van der Waals surface area contributed by atoms with Crippen LogP contribution in [-0.2, 0) is 14.4 Å². The number of nitrogens with zero attached hydrogens (tertiary/aromatic N) is 2. The van der Waals surface area contributed by atoms with Crippen LogP contribution in [0.15, 0.2) is 0 Å². The summed E-state index contributed by atoms with van der Waals surface area (Å²) in [6, 6.07) is -1.81. The Morgan fingerprint density at radius 1 is 1.22 bits per heavy atom. The number of carbonyl (C=O) groups is 4. The number of imide groups is 1. The van der Waals surface area contributed by atoms with Crippen LogP contribution < -0.4 is 11.1 Å². The summed E-state index contributed by atoms with van der Waals surface area (Å²) < 4.78 is 0. The fraction of sp³-hybridized carbons (Fsp3) is 0.714. The van der Waals surface area contributed by atoms with Crippen molar-refractivity contribution in [2.75, 3.05) is 19.6 Å². The molecule has 0 fully saturated rings. The summed E-state index contributed by atoms with van der Waals surface area (Å²) in [5.41, 5.74) is 5.10. The molecule has 0 aliphatic heterocycles. The van der Waals surface area contributed by atoms with E-state index in [0.29, 0.717) is 19.3 Å². The number of urea groups is 1. The van der Waals surface area contributed by atoms with Crippen LogP contribution in [0, 0.1) is 0 Å².